The van der Waals surface area contributed by atoms with Crippen molar-refractivity contribution < 1.29 is 112 Å². The molecule has 0 radical (unpaired) electrons. The van der Waals surface area contributed by atoms with Gasteiger partial charge in [-0.2, -0.15) is 0 Å². The van der Waals surface area contributed by atoms with Gasteiger partial charge in [0, 0.05) is 46.6 Å². The van der Waals surface area contributed by atoms with E-state index in [-0.39, 0.29) is 88.6 Å². The fourth-order valence-corrected chi connectivity index (χ4v) is 6.76. The first-order chi connectivity index (χ1) is 34.5. The summed E-state index contributed by atoms with van der Waals surface area (Å²) in [6, 6.07) is 8.51. The molecule has 0 aliphatic carbocycles. The van der Waals surface area contributed by atoms with Crippen molar-refractivity contribution >= 4 is 29.7 Å². The maximum Gasteiger partial charge on any atom is 0.335 e. The Morgan fingerprint density at radius 2 is 1.07 bits per heavy atom. The van der Waals surface area contributed by atoms with Crippen LogP contribution in [0.1, 0.15) is 45.7 Å². The van der Waals surface area contributed by atoms with E-state index in [2.05, 4.69) is 15.5 Å². The van der Waals surface area contributed by atoms with Gasteiger partial charge in [0.25, 0.3) is 11.8 Å². The van der Waals surface area contributed by atoms with Gasteiger partial charge in [-0.15, -0.1) is 0 Å². The second-order valence-electron chi connectivity index (χ2n) is 16.1. The number of carbonyl (C=O) groups excluding carboxylic acids is 4. The summed E-state index contributed by atoms with van der Waals surface area (Å²) >= 11 is 0. The van der Waals surface area contributed by atoms with E-state index in [1.807, 2.05) is 4.90 Å². The van der Waals surface area contributed by atoms with Crippen LogP contribution in [0, 0.1) is 0 Å². The first-order valence-electron chi connectivity index (χ1n) is 22.9. The van der Waals surface area contributed by atoms with E-state index in [9.17, 15) is 59.7 Å². The third-order valence-electron chi connectivity index (χ3n) is 10.7. The SMILES string of the molecule is CC(=O)OCc1ccc(O[C@@H]2O[C@H](C(=O)O)[C@@H](O)[C@H](O)[C@H]2O)c(C(=O)NCCOCCN(CCOCCNC(=O)c2cc(COC(C)=O)ccc2O[C@@H]2OC[C@@H](O)[C@H](O)[C@H]2O)CCOCCOCCON)c1. The fourth-order valence-electron chi connectivity index (χ4n) is 6.76. The highest BCUT2D eigenvalue weighted by atomic mass is 16.7. The minimum atomic E-state index is -1.96. The number of nitrogens with two attached hydrogens (primary N) is 1. The molecule has 2 aliphatic heterocycles. The number of carboxylic acid groups (broad SMARTS) is 1. The van der Waals surface area contributed by atoms with Crippen LogP contribution < -0.4 is 26.0 Å². The van der Waals surface area contributed by atoms with Crippen molar-refractivity contribution in [3.8, 4) is 11.5 Å². The molecule has 0 spiro atoms. The molecule has 27 heteroatoms. The Bertz CT molecular complexity index is 2020. The van der Waals surface area contributed by atoms with Crippen LogP contribution >= 0.6 is 0 Å². The molecule has 9 atom stereocenters. The zero-order valence-corrected chi connectivity index (χ0v) is 39.9. The molecule has 2 saturated heterocycles. The number of carboxylic acids is 1. The normalized spacial score (nSPS) is 23.0. The Hall–Kier alpha value is -5.21. The topological polar surface area (TPSA) is 382 Å². The van der Waals surface area contributed by atoms with E-state index in [0.29, 0.717) is 57.2 Å². The van der Waals surface area contributed by atoms with Gasteiger partial charge in [-0.1, -0.05) is 12.1 Å². The van der Waals surface area contributed by atoms with E-state index in [1.165, 1.54) is 44.2 Å². The molecule has 0 unspecified atom stereocenters. The monoisotopic (exact) mass is 1030 g/mol. The van der Waals surface area contributed by atoms with Gasteiger partial charge in [0.1, 0.15) is 61.3 Å². The second kappa shape index (κ2) is 31.4. The molecule has 2 aromatic carbocycles. The Morgan fingerprint density at radius 3 is 1.56 bits per heavy atom. The quantitative estimate of drug-likeness (QED) is 0.0192. The largest absolute Gasteiger partial charge is 0.479 e. The van der Waals surface area contributed by atoms with E-state index >= 15 is 0 Å². The molecular formula is C45H66N4O23. The summed E-state index contributed by atoms with van der Waals surface area (Å²) in [4.78, 5) is 67.8. The lowest BCUT2D eigenvalue weighted by atomic mass is 9.99. The zero-order valence-electron chi connectivity index (χ0n) is 39.9. The van der Waals surface area contributed by atoms with E-state index in [0.717, 1.165) is 0 Å². The number of nitrogens with one attached hydrogen (secondary N) is 2. The van der Waals surface area contributed by atoms with Gasteiger partial charge in [0.15, 0.2) is 6.10 Å². The summed E-state index contributed by atoms with van der Waals surface area (Å²) < 4.78 is 54.8. The molecular weight excluding hydrogens is 964 g/mol. The number of aliphatic hydroxyl groups excluding tert-OH is 6. The average molecular weight is 1030 g/mol. The van der Waals surface area contributed by atoms with Crippen molar-refractivity contribution in [2.75, 3.05) is 98.8 Å². The molecule has 4 rings (SSSR count). The van der Waals surface area contributed by atoms with Crippen molar-refractivity contribution in [1.82, 2.24) is 15.5 Å². The van der Waals surface area contributed by atoms with E-state index in [1.54, 1.807) is 6.07 Å². The summed E-state index contributed by atoms with van der Waals surface area (Å²) in [7, 11) is 0. The first kappa shape index (κ1) is 59.4. The van der Waals surface area contributed by atoms with Crippen LogP contribution in [0.4, 0.5) is 0 Å². The standard InChI is InChI=1S/C45H66N4O23/c1-26(50)66-23-28-3-5-33(70-44-38(56)35(53)32(52)25-68-44)30(21-28)41(58)47-7-12-62-14-9-49(11-16-64-17-18-65-19-20-69-46)10-15-63-13-8-48-42(59)31-22-29(24-67-27(2)51)4-6-34(31)71-45-39(57)36(54)37(55)40(72-45)43(60)61/h3-6,21-22,32,35-40,44-45,52-57H,7-20,23-25,46H2,1-2H3,(H,47,58)(H,48,59)(H,60,61)/t32-,35+,36+,37+,38-,39-,40+,44+,45-/m1/s1. The van der Waals surface area contributed by atoms with E-state index in [4.69, 9.17) is 53.3 Å². The number of benzene rings is 2. The smallest absolute Gasteiger partial charge is 0.335 e. The third-order valence-corrected chi connectivity index (χ3v) is 10.7. The number of rotatable bonds is 32. The number of aliphatic hydroxyl groups is 6. The van der Waals surface area contributed by atoms with Crippen molar-refractivity contribution in [1.29, 1.82) is 0 Å². The minimum absolute atomic E-state index is 0.00180. The molecule has 72 heavy (non-hydrogen) atoms. The lowest BCUT2D eigenvalue weighted by Crippen LogP contribution is -2.61. The van der Waals surface area contributed by atoms with Crippen molar-refractivity contribution in [3.63, 3.8) is 0 Å². The number of esters is 2. The Balaban J connectivity index is 1.29. The molecule has 27 nitrogen and oxygen atoms in total. The Morgan fingerprint density at radius 1 is 0.611 bits per heavy atom. The number of hydrogen-bond donors (Lipinski definition) is 10. The van der Waals surface area contributed by atoms with Gasteiger partial charge in [0.2, 0.25) is 12.6 Å². The summed E-state index contributed by atoms with van der Waals surface area (Å²) in [6.45, 7) is 5.20. The van der Waals surface area contributed by atoms with Crippen LogP contribution in [-0.2, 0) is 70.3 Å². The maximum atomic E-state index is 13.5. The van der Waals surface area contributed by atoms with Gasteiger partial charge < -0.3 is 98.6 Å². The molecule has 2 heterocycles. The first-order valence-corrected chi connectivity index (χ1v) is 22.9. The highest BCUT2D eigenvalue weighted by Crippen LogP contribution is 2.29. The lowest BCUT2D eigenvalue weighted by molar-refractivity contribution is -0.271. The van der Waals surface area contributed by atoms with Crippen LogP contribution in [0.3, 0.4) is 0 Å². The summed E-state index contributed by atoms with van der Waals surface area (Å²) in [5.41, 5.74) is 0.733. The molecule has 2 aliphatic rings. The predicted molar refractivity (Wildman–Crippen MR) is 242 cm³/mol. The summed E-state index contributed by atoms with van der Waals surface area (Å²) in [5, 5.41) is 76.0. The lowest BCUT2D eigenvalue weighted by Gasteiger charge is -2.38. The van der Waals surface area contributed by atoms with Crippen molar-refractivity contribution in [2.45, 2.75) is 82.4 Å². The van der Waals surface area contributed by atoms with Crippen LogP contribution in [0.5, 0.6) is 11.5 Å². The Kier molecular flexibility index (Phi) is 25.9. The van der Waals surface area contributed by atoms with E-state index < -0.39 is 85.0 Å². The zero-order chi connectivity index (χ0) is 52.6. The average Bonchev–Trinajstić information content (AvgIpc) is 3.35. The molecule has 2 aromatic rings. The molecule has 404 valence electrons. The molecule has 2 amide bonds. The summed E-state index contributed by atoms with van der Waals surface area (Å²) in [5.74, 6) is 0.790. The third kappa shape index (κ3) is 19.7. The molecule has 0 bridgehead atoms. The predicted octanol–water partition coefficient (Wildman–Crippen LogP) is -3.68. The van der Waals surface area contributed by atoms with Gasteiger partial charge in [-0.25, -0.2) is 10.7 Å². The van der Waals surface area contributed by atoms with Gasteiger partial charge >= 0.3 is 17.9 Å². The highest BCUT2D eigenvalue weighted by molar-refractivity contribution is 5.97. The molecule has 11 N–H and O–H groups in total. The van der Waals surface area contributed by atoms with Gasteiger partial charge in [-0.3, -0.25) is 24.1 Å². The fraction of sp³-hybridized carbons (Fsp3) is 0.622. The highest BCUT2D eigenvalue weighted by Gasteiger charge is 2.48. The molecule has 0 aromatic heterocycles. The van der Waals surface area contributed by atoms with Gasteiger partial charge in [0.05, 0.1) is 77.2 Å². The Labute approximate surface area is 413 Å². The second-order valence-corrected chi connectivity index (χ2v) is 16.1. The minimum Gasteiger partial charge on any atom is -0.479 e. The molecule has 0 saturated carbocycles. The van der Waals surface area contributed by atoms with Crippen LogP contribution in [0.2, 0.25) is 0 Å². The number of carbonyl (C=O) groups is 5. The van der Waals surface area contributed by atoms with Crippen LogP contribution in [-0.4, -0.2) is 224 Å². The number of hydrogen-bond acceptors (Lipinski definition) is 24. The number of aliphatic carboxylic acids is 1. The van der Waals surface area contributed by atoms with Crippen molar-refractivity contribution in [2.24, 2.45) is 5.90 Å². The number of nitrogens with zero attached hydrogens (tertiary/aromatic N) is 1. The van der Waals surface area contributed by atoms with Crippen molar-refractivity contribution in [3.05, 3.63) is 58.7 Å². The van der Waals surface area contributed by atoms with Gasteiger partial charge in [-0.05, 0) is 35.4 Å². The number of amides is 2. The van der Waals surface area contributed by atoms with Crippen LogP contribution in [0.25, 0.3) is 0 Å². The summed E-state index contributed by atoms with van der Waals surface area (Å²) in [6.07, 6.45) is -15.5. The number of ether oxygens (including phenoxy) is 10. The molecule has 2 fully saturated rings. The van der Waals surface area contributed by atoms with Crippen LogP contribution in [0.15, 0.2) is 36.4 Å². The maximum absolute atomic E-state index is 13.5.